The predicted molar refractivity (Wildman–Crippen MR) is 149 cm³/mol. The van der Waals surface area contributed by atoms with Gasteiger partial charge in [0.1, 0.15) is 5.82 Å². The normalized spacial score (nSPS) is 18.4. The fourth-order valence-electron chi connectivity index (χ4n) is 5.65. The Bertz CT molecular complexity index is 1440. The summed E-state index contributed by atoms with van der Waals surface area (Å²) in [4.78, 5) is 37.1. The number of fused-ring (bicyclic) bond motifs is 1. The van der Waals surface area contributed by atoms with Crippen LogP contribution in [-0.4, -0.2) is 63.8 Å². The van der Waals surface area contributed by atoms with Gasteiger partial charge in [0.15, 0.2) is 0 Å². The number of allylic oxidation sites excluding steroid dienone is 1. The number of carbonyl (C=O) groups excluding carboxylic acids is 2. The maximum absolute atomic E-state index is 13.6. The molecule has 2 aliphatic heterocycles. The summed E-state index contributed by atoms with van der Waals surface area (Å²) < 4.78 is 9.75. The van der Waals surface area contributed by atoms with Crippen LogP contribution < -0.4 is 10.2 Å². The maximum atomic E-state index is 13.6. The van der Waals surface area contributed by atoms with E-state index >= 15 is 0 Å². The summed E-state index contributed by atoms with van der Waals surface area (Å²) in [6.45, 7) is 10.4. The number of ether oxygens (including phenoxy) is 1. The first kappa shape index (κ1) is 25.9. The van der Waals surface area contributed by atoms with E-state index in [1.807, 2.05) is 50.7 Å². The third-order valence-electron chi connectivity index (χ3n) is 7.64. The van der Waals surface area contributed by atoms with E-state index in [0.29, 0.717) is 17.3 Å². The van der Waals surface area contributed by atoms with E-state index in [9.17, 15) is 9.59 Å². The van der Waals surface area contributed by atoms with Crippen molar-refractivity contribution in [3.63, 3.8) is 0 Å². The van der Waals surface area contributed by atoms with Crippen LogP contribution in [0.15, 0.2) is 47.5 Å². The minimum Gasteiger partial charge on any atom is -0.381 e. The van der Waals surface area contributed by atoms with Crippen LogP contribution in [0, 0.1) is 12.8 Å². The van der Waals surface area contributed by atoms with Crippen molar-refractivity contribution in [3.8, 4) is 11.3 Å². The van der Waals surface area contributed by atoms with Crippen LogP contribution in [0.25, 0.3) is 16.8 Å². The molecule has 0 bridgehead atoms. The fourth-order valence-corrected chi connectivity index (χ4v) is 5.65. The molecule has 3 aromatic rings. The molecule has 0 spiro atoms. The van der Waals surface area contributed by atoms with Crippen molar-refractivity contribution in [1.29, 1.82) is 0 Å². The molecule has 0 saturated carbocycles. The van der Waals surface area contributed by atoms with E-state index in [-0.39, 0.29) is 18.4 Å². The second-order valence-corrected chi connectivity index (χ2v) is 10.3. The number of nitrogens with zero attached hydrogens (tertiary/aromatic N) is 5. The Kier molecular flexibility index (Phi) is 7.21. The number of hydrogen-bond donors (Lipinski definition) is 1. The van der Waals surface area contributed by atoms with Gasteiger partial charge in [0, 0.05) is 79.7 Å². The third kappa shape index (κ3) is 4.90. The second kappa shape index (κ2) is 10.6. The molecule has 9 nitrogen and oxygen atoms in total. The average molecular weight is 517 g/mol. The number of aliphatic imine (C=N–C) groups is 1. The molecule has 0 aliphatic carbocycles. The van der Waals surface area contributed by atoms with Crippen LogP contribution in [0.1, 0.15) is 49.5 Å². The van der Waals surface area contributed by atoms with Crippen molar-refractivity contribution >= 4 is 28.9 Å². The lowest BCUT2D eigenvalue weighted by atomic mass is 9.95. The first-order valence-electron chi connectivity index (χ1n) is 13.3. The first-order chi connectivity index (χ1) is 18.3. The Morgan fingerprint density at radius 1 is 1.18 bits per heavy atom. The zero-order valence-electron chi connectivity index (χ0n) is 22.8. The van der Waals surface area contributed by atoms with Gasteiger partial charge in [0.25, 0.3) is 11.8 Å². The van der Waals surface area contributed by atoms with Crippen LogP contribution in [0.4, 0.5) is 5.82 Å². The van der Waals surface area contributed by atoms with E-state index in [1.165, 1.54) is 0 Å². The SMILES string of the molecule is CCN(c1c(C)c(C(=O)NCC2C(=O)N=C(C)C=C2C)cc2cc(-c3cn(C)cn3)cn12)C1CCOCC1. The van der Waals surface area contributed by atoms with Crippen LogP contribution >= 0.6 is 0 Å². The maximum Gasteiger partial charge on any atom is 0.254 e. The molecule has 1 saturated heterocycles. The lowest BCUT2D eigenvalue weighted by Crippen LogP contribution is -2.41. The Labute approximate surface area is 223 Å². The molecule has 5 rings (SSSR count). The Morgan fingerprint density at radius 3 is 2.61 bits per heavy atom. The zero-order valence-corrected chi connectivity index (χ0v) is 22.8. The number of nitrogens with one attached hydrogen (secondary N) is 1. The summed E-state index contributed by atoms with van der Waals surface area (Å²) in [7, 11) is 1.95. The quantitative estimate of drug-likeness (QED) is 0.513. The number of dihydropyridines is 1. The van der Waals surface area contributed by atoms with Gasteiger partial charge in [0.2, 0.25) is 0 Å². The van der Waals surface area contributed by atoms with Crippen molar-refractivity contribution in [3.05, 3.63) is 53.6 Å². The van der Waals surface area contributed by atoms with Gasteiger partial charge >= 0.3 is 0 Å². The number of aromatic nitrogens is 3. The third-order valence-corrected chi connectivity index (χ3v) is 7.64. The standard InChI is InChI=1S/C29H36N6O3/c1-6-34(22-7-9-38-10-8-22)29-20(4)24(27(36)30-14-25-18(2)11-19(3)32-28(25)37)13-23-12-21(15-35(23)29)26-16-33(5)17-31-26/h11-13,15-17,22,25H,6-10,14H2,1-5H3,(H,30,36). The zero-order chi connectivity index (χ0) is 27.0. The molecule has 1 atom stereocenters. The van der Waals surface area contributed by atoms with Crippen molar-refractivity contribution < 1.29 is 14.3 Å². The van der Waals surface area contributed by atoms with Gasteiger partial charge < -0.3 is 23.9 Å². The summed E-state index contributed by atoms with van der Waals surface area (Å²) in [6, 6.07) is 4.34. The molecule has 9 heteroatoms. The summed E-state index contributed by atoms with van der Waals surface area (Å²) >= 11 is 0. The van der Waals surface area contributed by atoms with Gasteiger partial charge in [-0.15, -0.1) is 0 Å². The topological polar surface area (TPSA) is 93.2 Å². The second-order valence-electron chi connectivity index (χ2n) is 10.3. The molecule has 3 aromatic heterocycles. The van der Waals surface area contributed by atoms with Crippen molar-refractivity contribution in [2.75, 3.05) is 31.2 Å². The summed E-state index contributed by atoms with van der Waals surface area (Å²) in [5.74, 6) is 0.166. The molecule has 5 heterocycles. The fraction of sp³-hybridized carbons (Fsp3) is 0.448. The first-order valence-corrected chi connectivity index (χ1v) is 13.3. The Balaban J connectivity index is 1.54. The van der Waals surface area contributed by atoms with Crippen molar-refractivity contribution in [2.24, 2.45) is 18.0 Å². The highest BCUT2D eigenvalue weighted by molar-refractivity contribution is 6.06. The van der Waals surface area contributed by atoms with E-state index in [1.54, 1.807) is 6.33 Å². The van der Waals surface area contributed by atoms with Gasteiger partial charge in [0.05, 0.1) is 17.9 Å². The molecular weight excluding hydrogens is 480 g/mol. The molecular formula is C29H36N6O3. The van der Waals surface area contributed by atoms with Crippen molar-refractivity contribution in [1.82, 2.24) is 19.3 Å². The molecule has 2 aliphatic rings. The average Bonchev–Trinajstić information content (AvgIpc) is 3.51. The number of hydrogen-bond acceptors (Lipinski definition) is 5. The number of aryl methyl sites for hydroxylation is 1. The minimum absolute atomic E-state index is 0.193. The smallest absolute Gasteiger partial charge is 0.254 e. The van der Waals surface area contributed by atoms with Gasteiger partial charge in [-0.3, -0.25) is 9.59 Å². The highest BCUT2D eigenvalue weighted by atomic mass is 16.5. The van der Waals surface area contributed by atoms with E-state index < -0.39 is 5.92 Å². The number of pyridine rings is 1. The summed E-state index contributed by atoms with van der Waals surface area (Å²) in [5, 5.41) is 3.02. The van der Waals surface area contributed by atoms with Gasteiger partial charge in [-0.2, -0.15) is 0 Å². The number of amides is 2. The highest BCUT2D eigenvalue weighted by Gasteiger charge is 2.28. The molecule has 2 amide bonds. The number of rotatable bonds is 7. The van der Waals surface area contributed by atoms with E-state index in [0.717, 1.165) is 66.3 Å². The van der Waals surface area contributed by atoms with Crippen LogP contribution in [0.5, 0.6) is 0 Å². The largest absolute Gasteiger partial charge is 0.381 e. The van der Waals surface area contributed by atoms with Gasteiger partial charge in [-0.1, -0.05) is 5.57 Å². The van der Waals surface area contributed by atoms with Gasteiger partial charge in [-0.25, -0.2) is 9.98 Å². The number of anilines is 1. The molecule has 0 radical (unpaired) electrons. The lowest BCUT2D eigenvalue weighted by molar-refractivity contribution is -0.120. The molecule has 38 heavy (non-hydrogen) atoms. The highest BCUT2D eigenvalue weighted by Crippen LogP contribution is 2.33. The summed E-state index contributed by atoms with van der Waals surface area (Å²) in [6.07, 6.45) is 9.67. The lowest BCUT2D eigenvalue weighted by Gasteiger charge is -2.37. The Morgan fingerprint density at radius 2 is 1.95 bits per heavy atom. The van der Waals surface area contributed by atoms with Crippen LogP contribution in [0.3, 0.4) is 0 Å². The van der Waals surface area contributed by atoms with Gasteiger partial charge in [-0.05, 0) is 58.7 Å². The van der Waals surface area contributed by atoms with Crippen LogP contribution in [0.2, 0.25) is 0 Å². The molecule has 1 unspecified atom stereocenters. The van der Waals surface area contributed by atoms with Crippen LogP contribution in [-0.2, 0) is 16.6 Å². The molecule has 200 valence electrons. The minimum atomic E-state index is -0.440. The summed E-state index contributed by atoms with van der Waals surface area (Å²) in [5.41, 5.74) is 5.93. The molecule has 1 fully saturated rings. The van der Waals surface area contributed by atoms with E-state index in [4.69, 9.17) is 4.74 Å². The van der Waals surface area contributed by atoms with Crippen molar-refractivity contribution in [2.45, 2.75) is 46.6 Å². The predicted octanol–water partition coefficient (Wildman–Crippen LogP) is 3.95. The molecule has 1 N–H and O–H groups in total. The van der Waals surface area contributed by atoms with E-state index in [2.05, 4.69) is 43.8 Å². The Hall–Kier alpha value is -3.72. The number of imidazole rings is 1. The molecule has 0 aromatic carbocycles. The number of carbonyl (C=O) groups is 2. The monoisotopic (exact) mass is 516 g/mol.